The van der Waals surface area contributed by atoms with Gasteiger partial charge in [-0.15, -0.1) is 0 Å². The first-order valence-corrected chi connectivity index (χ1v) is 8.65. The van der Waals surface area contributed by atoms with Crippen LogP contribution in [0.4, 0.5) is 11.4 Å². The summed E-state index contributed by atoms with van der Waals surface area (Å²) in [5.74, 6) is 0. The van der Waals surface area contributed by atoms with Crippen LogP contribution in [0.3, 0.4) is 0 Å². The van der Waals surface area contributed by atoms with E-state index in [0.29, 0.717) is 6.04 Å². The highest BCUT2D eigenvalue weighted by Gasteiger charge is 2.26. The molecule has 0 radical (unpaired) electrons. The van der Waals surface area contributed by atoms with E-state index in [1.54, 1.807) is 0 Å². The molecule has 0 atom stereocenters. The van der Waals surface area contributed by atoms with E-state index < -0.39 is 0 Å². The number of anilines is 2. The first-order valence-electron chi connectivity index (χ1n) is 7.86. The second-order valence-electron chi connectivity index (χ2n) is 6.03. The number of hydrogen-bond donors (Lipinski definition) is 2. The molecule has 4 nitrogen and oxygen atoms in total. The van der Waals surface area contributed by atoms with Gasteiger partial charge >= 0.3 is 0 Å². The van der Waals surface area contributed by atoms with Crippen molar-refractivity contribution >= 4 is 27.3 Å². The Hall–Kier alpha value is -0.780. The Morgan fingerprint density at radius 1 is 1.14 bits per heavy atom. The normalized spacial score (nSPS) is 22.3. The second kappa shape index (κ2) is 6.99. The number of hydrogen-bond acceptors (Lipinski definition) is 4. The summed E-state index contributed by atoms with van der Waals surface area (Å²) in [6.45, 7) is 4.21. The van der Waals surface area contributed by atoms with Crippen LogP contribution in [0.5, 0.6) is 0 Å². The summed E-state index contributed by atoms with van der Waals surface area (Å²) in [7, 11) is 0. The van der Waals surface area contributed by atoms with Gasteiger partial charge < -0.3 is 20.7 Å². The molecule has 0 saturated carbocycles. The molecule has 1 aromatic carbocycles. The monoisotopic (exact) mass is 353 g/mol. The smallest absolute Gasteiger partial charge is 0.0587 e. The number of nitrogens with one attached hydrogen (secondary N) is 1. The topological polar surface area (TPSA) is 50.5 Å². The lowest BCUT2D eigenvalue weighted by Crippen LogP contribution is -2.46. The molecule has 21 heavy (non-hydrogen) atoms. The fourth-order valence-corrected chi connectivity index (χ4v) is 3.69. The standard InChI is InChI=1S/C16H24BrN3O/c17-12-1-2-15(18)16(11-12)19-13-3-7-20(8-4-13)14-5-9-21-10-6-14/h1-2,11,13-14,19H,3-10,18H2. The number of nitrogen functional groups attached to an aromatic ring is 1. The summed E-state index contributed by atoms with van der Waals surface area (Å²) in [5, 5.41) is 3.61. The Balaban J connectivity index is 1.52. The Labute approximate surface area is 135 Å². The van der Waals surface area contributed by atoms with Crippen LogP contribution in [-0.4, -0.2) is 43.3 Å². The van der Waals surface area contributed by atoms with Crippen LogP contribution in [0.25, 0.3) is 0 Å². The van der Waals surface area contributed by atoms with Gasteiger partial charge in [-0.2, -0.15) is 0 Å². The van der Waals surface area contributed by atoms with Crippen LogP contribution in [-0.2, 0) is 4.74 Å². The second-order valence-corrected chi connectivity index (χ2v) is 6.95. The van der Waals surface area contributed by atoms with Gasteiger partial charge in [-0.25, -0.2) is 0 Å². The highest BCUT2D eigenvalue weighted by Crippen LogP contribution is 2.27. The molecular weight excluding hydrogens is 330 g/mol. The lowest BCUT2D eigenvalue weighted by molar-refractivity contribution is 0.0262. The predicted octanol–water partition coefficient (Wildman–Crippen LogP) is 3.09. The molecule has 2 aliphatic rings. The van der Waals surface area contributed by atoms with Crippen LogP contribution < -0.4 is 11.1 Å². The molecule has 0 aromatic heterocycles. The van der Waals surface area contributed by atoms with Gasteiger partial charge in [0.2, 0.25) is 0 Å². The number of piperidine rings is 1. The summed E-state index contributed by atoms with van der Waals surface area (Å²) in [6.07, 6.45) is 4.75. The Morgan fingerprint density at radius 3 is 2.57 bits per heavy atom. The van der Waals surface area contributed by atoms with Crippen molar-refractivity contribution in [2.24, 2.45) is 0 Å². The third-order valence-corrected chi connectivity index (χ3v) is 5.10. The van der Waals surface area contributed by atoms with Crippen molar-refractivity contribution in [1.82, 2.24) is 4.90 Å². The van der Waals surface area contributed by atoms with Crippen molar-refractivity contribution in [2.45, 2.75) is 37.8 Å². The molecule has 0 spiro atoms. The van der Waals surface area contributed by atoms with Crippen molar-refractivity contribution in [2.75, 3.05) is 37.4 Å². The lowest BCUT2D eigenvalue weighted by Gasteiger charge is -2.39. The number of rotatable bonds is 3. The summed E-state index contributed by atoms with van der Waals surface area (Å²) in [4.78, 5) is 2.64. The molecule has 0 unspecified atom stereocenters. The lowest BCUT2D eigenvalue weighted by atomic mass is 9.99. The highest BCUT2D eigenvalue weighted by atomic mass is 79.9. The highest BCUT2D eigenvalue weighted by molar-refractivity contribution is 9.10. The Morgan fingerprint density at radius 2 is 1.86 bits per heavy atom. The average Bonchev–Trinajstić information content (AvgIpc) is 2.53. The number of likely N-dealkylation sites (tertiary alicyclic amines) is 1. The molecule has 116 valence electrons. The first-order chi connectivity index (χ1) is 10.2. The number of nitrogens with zero attached hydrogens (tertiary/aromatic N) is 1. The van der Waals surface area contributed by atoms with Crippen molar-refractivity contribution in [3.05, 3.63) is 22.7 Å². The minimum atomic E-state index is 0.526. The van der Waals surface area contributed by atoms with Gasteiger partial charge in [-0.1, -0.05) is 15.9 Å². The van der Waals surface area contributed by atoms with Crippen LogP contribution >= 0.6 is 15.9 Å². The molecule has 3 N–H and O–H groups in total. The van der Waals surface area contributed by atoms with E-state index in [2.05, 4.69) is 32.2 Å². The van der Waals surface area contributed by atoms with E-state index in [-0.39, 0.29) is 0 Å². The largest absolute Gasteiger partial charge is 0.397 e. The van der Waals surface area contributed by atoms with E-state index in [0.717, 1.165) is 35.1 Å². The molecule has 0 amide bonds. The van der Waals surface area contributed by atoms with E-state index in [4.69, 9.17) is 10.5 Å². The molecule has 3 rings (SSSR count). The molecule has 2 saturated heterocycles. The van der Waals surface area contributed by atoms with Crippen molar-refractivity contribution in [3.63, 3.8) is 0 Å². The maximum atomic E-state index is 6.04. The molecule has 0 bridgehead atoms. The maximum Gasteiger partial charge on any atom is 0.0587 e. The third-order valence-electron chi connectivity index (χ3n) is 4.61. The van der Waals surface area contributed by atoms with Crippen molar-refractivity contribution in [3.8, 4) is 0 Å². The van der Waals surface area contributed by atoms with Crippen LogP contribution in [0.15, 0.2) is 22.7 Å². The van der Waals surface area contributed by atoms with Gasteiger partial charge in [-0.05, 0) is 43.9 Å². The van der Waals surface area contributed by atoms with Crippen LogP contribution in [0.1, 0.15) is 25.7 Å². The Kier molecular flexibility index (Phi) is 5.03. The summed E-state index contributed by atoms with van der Waals surface area (Å²) in [5.41, 5.74) is 7.92. The molecule has 5 heteroatoms. The minimum Gasteiger partial charge on any atom is -0.397 e. The fraction of sp³-hybridized carbons (Fsp3) is 0.625. The van der Waals surface area contributed by atoms with Crippen molar-refractivity contribution < 1.29 is 4.74 Å². The zero-order valence-electron chi connectivity index (χ0n) is 12.4. The fourth-order valence-electron chi connectivity index (χ4n) is 3.33. The molecular formula is C16H24BrN3O. The summed E-state index contributed by atoms with van der Waals surface area (Å²) < 4.78 is 6.53. The third kappa shape index (κ3) is 3.90. The number of halogens is 1. The van der Waals surface area contributed by atoms with Gasteiger partial charge in [0.1, 0.15) is 0 Å². The van der Waals surface area contributed by atoms with E-state index >= 15 is 0 Å². The first kappa shape index (κ1) is 15.1. The quantitative estimate of drug-likeness (QED) is 0.819. The van der Waals surface area contributed by atoms with Crippen LogP contribution in [0, 0.1) is 0 Å². The molecule has 1 aromatic rings. The zero-order valence-corrected chi connectivity index (χ0v) is 13.9. The van der Waals surface area contributed by atoms with Gasteiger partial charge in [0.05, 0.1) is 11.4 Å². The maximum absolute atomic E-state index is 6.04. The minimum absolute atomic E-state index is 0.526. The molecule has 2 aliphatic heterocycles. The van der Waals surface area contributed by atoms with Crippen LogP contribution in [0.2, 0.25) is 0 Å². The molecule has 0 aliphatic carbocycles. The molecule has 2 fully saturated rings. The van der Waals surface area contributed by atoms with Gasteiger partial charge in [-0.3, -0.25) is 0 Å². The number of nitrogens with two attached hydrogens (primary N) is 1. The van der Waals surface area contributed by atoms with Gasteiger partial charge in [0.15, 0.2) is 0 Å². The van der Waals surface area contributed by atoms with E-state index in [9.17, 15) is 0 Å². The predicted molar refractivity (Wildman–Crippen MR) is 90.6 cm³/mol. The average molecular weight is 354 g/mol. The zero-order chi connectivity index (χ0) is 14.7. The van der Waals surface area contributed by atoms with Crippen molar-refractivity contribution in [1.29, 1.82) is 0 Å². The summed E-state index contributed by atoms with van der Waals surface area (Å²) >= 11 is 3.51. The number of ether oxygens (including phenoxy) is 1. The van der Waals surface area contributed by atoms with Gasteiger partial charge in [0, 0.05) is 42.9 Å². The summed E-state index contributed by atoms with van der Waals surface area (Å²) in [6, 6.07) is 7.26. The van der Waals surface area contributed by atoms with E-state index in [1.165, 1.54) is 38.8 Å². The van der Waals surface area contributed by atoms with E-state index in [1.807, 2.05) is 12.1 Å². The SMILES string of the molecule is Nc1ccc(Br)cc1NC1CCN(C2CCOCC2)CC1. The Bertz CT molecular complexity index is 469. The van der Waals surface area contributed by atoms with Gasteiger partial charge in [0.25, 0.3) is 0 Å². The molecule has 2 heterocycles. The number of benzene rings is 1.